The monoisotopic (exact) mass is 330 g/mol. The largest absolute Gasteiger partial charge is 0.373 e. The fourth-order valence-electron chi connectivity index (χ4n) is 3.11. The maximum atomic E-state index is 12.7. The number of rotatable bonds is 5. The fraction of sp³-hybridized carbons (Fsp3) is 0.625. The van der Waals surface area contributed by atoms with E-state index in [1.54, 1.807) is 6.20 Å². The van der Waals surface area contributed by atoms with Gasteiger partial charge in [-0.1, -0.05) is 0 Å². The minimum atomic E-state index is -0.125. The average molecular weight is 330 g/mol. The molecule has 1 fully saturated rings. The highest BCUT2D eigenvalue weighted by Gasteiger charge is 2.32. The van der Waals surface area contributed by atoms with E-state index in [-0.39, 0.29) is 11.9 Å². The fourth-order valence-corrected chi connectivity index (χ4v) is 3.11. The zero-order valence-corrected chi connectivity index (χ0v) is 14.0. The summed E-state index contributed by atoms with van der Waals surface area (Å²) in [7, 11) is 0. The first-order valence-electron chi connectivity index (χ1n) is 8.45. The molecular formula is C16H22N6O2. The molecule has 3 heterocycles. The molecule has 1 aliphatic carbocycles. The Bertz CT molecular complexity index is 748. The molecule has 0 aromatic carbocycles. The van der Waals surface area contributed by atoms with Gasteiger partial charge in [0.2, 0.25) is 0 Å². The minimum absolute atomic E-state index is 0.0520. The van der Waals surface area contributed by atoms with Gasteiger partial charge in [-0.15, -0.1) is 10.2 Å². The van der Waals surface area contributed by atoms with Crippen LogP contribution in [-0.4, -0.2) is 48.7 Å². The normalized spacial score (nSPS) is 20.2. The second-order valence-corrected chi connectivity index (χ2v) is 6.64. The van der Waals surface area contributed by atoms with Crippen LogP contribution in [0.25, 0.3) is 0 Å². The highest BCUT2D eigenvalue weighted by Crippen LogP contribution is 2.29. The molecular weight excluding hydrogens is 308 g/mol. The van der Waals surface area contributed by atoms with Crippen LogP contribution >= 0.6 is 0 Å². The number of aryl methyl sites for hydroxylation is 1. The number of imidazole rings is 1. The van der Waals surface area contributed by atoms with E-state index in [1.807, 2.05) is 18.7 Å². The Morgan fingerprint density at radius 3 is 2.92 bits per heavy atom. The average Bonchev–Trinajstić information content (AvgIpc) is 3.14. The van der Waals surface area contributed by atoms with Gasteiger partial charge < -0.3 is 19.2 Å². The number of carbonyl (C=O) groups excluding carboxylic acids is 1. The molecule has 1 saturated carbocycles. The van der Waals surface area contributed by atoms with Gasteiger partial charge in [0.25, 0.3) is 5.91 Å². The molecule has 0 saturated heterocycles. The van der Waals surface area contributed by atoms with Gasteiger partial charge >= 0.3 is 0 Å². The quantitative estimate of drug-likeness (QED) is 0.896. The van der Waals surface area contributed by atoms with Gasteiger partial charge in [0, 0.05) is 19.7 Å². The smallest absolute Gasteiger partial charge is 0.272 e. The van der Waals surface area contributed by atoms with Gasteiger partial charge in [-0.25, -0.2) is 4.98 Å². The van der Waals surface area contributed by atoms with E-state index >= 15 is 0 Å². The maximum absolute atomic E-state index is 12.7. The van der Waals surface area contributed by atoms with E-state index in [0.717, 1.165) is 30.0 Å². The van der Waals surface area contributed by atoms with Crippen molar-refractivity contribution in [3.05, 3.63) is 29.4 Å². The Morgan fingerprint density at radius 1 is 1.38 bits per heavy atom. The van der Waals surface area contributed by atoms with Gasteiger partial charge in [-0.05, 0) is 32.6 Å². The predicted octanol–water partition coefficient (Wildman–Crippen LogP) is 1.45. The third-order valence-electron chi connectivity index (χ3n) is 4.74. The molecule has 8 heteroatoms. The lowest BCUT2D eigenvalue weighted by Crippen LogP contribution is -2.41. The molecule has 1 aliphatic heterocycles. The zero-order chi connectivity index (χ0) is 16.7. The van der Waals surface area contributed by atoms with Crippen LogP contribution in [0, 0.1) is 12.8 Å². The van der Waals surface area contributed by atoms with E-state index in [0.29, 0.717) is 25.4 Å². The minimum Gasteiger partial charge on any atom is -0.373 e. The molecule has 1 amide bonds. The summed E-state index contributed by atoms with van der Waals surface area (Å²) in [6.07, 6.45) is 4.14. The second-order valence-electron chi connectivity index (χ2n) is 6.64. The summed E-state index contributed by atoms with van der Waals surface area (Å²) >= 11 is 0. The van der Waals surface area contributed by atoms with Gasteiger partial charge in [-0.2, -0.15) is 0 Å². The first-order valence-corrected chi connectivity index (χ1v) is 8.45. The van der Waals surface area contributed by atoms with Crippen molar-refractivity contribution in [2.24, 2.45) is 5.92 Å². The zero-order valence-electron chi connectivity index (χ0n) is 14.0. The highest BCUT2D eigenvalue weighted by molar-refractivity contribution is 5.92. The number of fused-ring (bicyclic) bond motifs is 1. The van der Waals surface area contributed by atoms with E-state index < -0.39 is 0 Å². The molecule has 2 aromatic heterocycles. The van der Waals surface area contributed by atoms with Crippen molar-refractivity contribution in [1.82, 2.24) is 29.6 Å². The van der Waals surface area contributed by atoms with Crippen molar-refractivity contribution < 1.29 is 9.53 Å². The van der Waals surface area contributed by atoms with E-state index in [9.17, 15) is 4.79 Å². The summed E-state index contributed by atoms with van der Waals surface area (Å²) in [6, 6.07) is -0.125. The van der Waals surface area contributed by atoms with Crippen LogP contribution in [0.15, 0.2) is 6.20 Å². The molecule has 1 N–H and O–H groups in total. The number of amides is 1. The van der Waals surface area contributed by atoms with Gasteiger partial charge in [0.1, 0.15) is 18.1 Å². The summed E-state index contributed by atoms with van der Waals surface area (Å²) in [6.45, 7) is 6.43. The number of hydrogen-bond donors (Lipinski definition) is 1. The molecule has 0 bridgehead atoms. The standard InChI is InChI=1S/C16H22N6O2/c1-10-15-20-19-14(9-24-8-12-3-4-12)22(15)6-5-21(10)16(23)13-7-17-11(2)18-13/h7,10,12H,3-6,8-9H2,1-2H3,(H,17,18)/t10-/m1/s1. The Morgan fingerprint density at radius 2 is 2.21 bits per heavy atom. The van der Waals surface area contributed by atoms with Crippen molar-refractivity contribution in [2.45, 2.75) is 45.9 Å². The number of H-pyrrole nitrogens is 1. The van der Waals surface area contributed by atoms with Crippen LogP contribution < -0.4 is 0 Å². The Hall–Kier alpha value is -2.22. The molecule has 1 atom stereocenters. The molecule has 0 radical (unpaired) electrons. The summed E-state index contributed by atoms with van der Waals surface area (Å²) in [5, 5.41) is 8.56. The number of nitrogens with zero attached hydrogens (tertiary/aromatic N) is 5. The topological polar surface area (TPSA) is 88.9 Å². The number of hydrogen-bond acceptors (Lipinski definition) is 5. The van der Waals surface area contributed by atoms with Crippen LogP contribution in [0.5, 0.6) is 0 Å². The van der Waals surface area contributed by atoms with Gasteiger partial charge in [0.15, 0.2) is 11.6 Å². The van der Waals surface area contributed by atoms with E-state index in [1.165, 1.54) is 12.8 Å². The van der Waals surface area contributed by atoms with Crippen molar-refractivity contribution in [2.75, 3.05) is 13.2 Å². The summed E-state index contributed by atoms with van der Waals surface area (Å²) in [5.74, 6) is 3.08. The SMILES string of the molecule is Cc1ncc(C(=O)N2CCn3c(COCC4CC4)nnc3[C@H]2C)[nH]1. The van der Waals surface area contributed by atoms with Crippen LogP contribution in [0.3, 0.4) is 0 Å². The number of carbonyl (C=O) groups is 1. The van der Waals surface area contributed by atoms with Crippen LogP contribution in [0.2, 0.25) is 0 Å². The maximum Gasteiger partial charge on any atom is 0.272 e. The predicted molar refractivity (Wildman–Crippen MR) is 85.2 cm³/mol. The molecule has 2 aliphatic rings. The molecule has 0 unspecified atom stereocenters. The van der Waals surface area contributed by atoms with Crippen LogP contribution in [0.1, 0.15) is 53.8 Å². The third-order valence-corrected chi connectivity index (χ3v) is 4.74. The lowest BCUT2D eigenvalue weighted by molar-refractivity contribution is 0.0621. The molecule has 24 heavy (non-hydrogen) atoms. The lowest BCUT2D eigenvalue weighted by Gasteiger charge is -2.33. The number of ether oxygens (including phenoxy) is 1. The molecule has 128 valence electrons. The van der Waals surface area contributed by atoms with Crippen molar-refractivity contribution >= 4 is 5.91 Å². The Kier molecular flexibility index (Phi) is 3.84. The first kappa shape index (κ1) is 15.3. The van der Waals surface area contributed by atoms with Crippen molar-refractivity contribution in [1.29, 1.82) is 0 Å². The van der Waals surface area contributed by atoms with E-state index in [4.69, 9.17) is 4.74 Å². The molecule has 4 rings (SSSR count). The summed E-state index contributed by atoms with van der Waals surface area (Å²) in [5.41, 5.74) is 0.514. The number of aromatic amines is 1. The van der Waals surface area contributed by atoms with Crippen LogP contribution in [-0.2, 0) is 17.9 Å². The van der Waals surface area contributed by atoms with E-state index in [2.05, 4.69) is 24.7 Å². The third kappa shape index (κ3) is 2.82. The first-order chi connectivity index (χ1) is 11.6. The summed E-state index contributed by atoms with van der Waals surface area (Å²) < 4.78 is 7.82. The number of aromatic nitrogens is 5. The van der Waals surface area contributed by atoms with Crippen molar-refractivity contribution in [3.63, 3.8) is 0 Å². The molecule has 0 spiro atoms. The van der Waals surface area contributed by atoms with Gasteiger partial charge in [-0.3, -0.25) is 4.79 Å². The highest BCUT2D eigenvalue weighted by atomic mass is 16.5. The summed E-state index contributed by atoms with van der Waals surface area (Å²) in [4.78, 5) is 21.6. The Labute approximate surface area is 140 Å². The number of nitrogens with one attached hydrogen (secondary N) is 1. The van der Waals surface area contributed by atoms with Gasteiger partial charge in [0.05, 0.1) is 12.2 Å². The molecule has 8 nitrogen and oxygen atoms in total. The van der Waals surface area contributed by atoms with Crippen molar-refractivity contribution in [3.8, 4) is 0 Å². The van der Waals surface area contributed by atoms with Crippen LogP contribution in [0.4, 0.5) is 0 Å². The lowest BCUT2D eigenvalue weighted by atomic mass is 10.2. The second kappa shape index (κ2) is 6.01. The Balaban J connectivity index is 1.47. The molecule has 2 aromatic rings.